The molecule has 7 nitrogen and oxygen atoms in total. The summed E-state index contributed by atoms with van der Waals surface area (Å²) in [5.74, 6) is -2.22. The molecule has 0 bridgehead atoms. The predicted octanol–water partition coefficient (Wildman–Crippen LogP) is 8.46. The quantitative estimate of drug-likeness (QED) is 0.209. The van der Waals surface area contributed by atoms with E-state index in [0.717, 1.165) is 57.2 Å². The molecule has 0 radical (unpaired) electrons. The smallest absolute Gasteiger partial charge is 0.416 e. The van der Waals surface area contributed by atoms with Crippen molar-refractivity contribution in [2.45, 2.75) is 124 Å². The summed E-state index contributed by atoms with van der Waals surface area (Å²) in [6.07, 6.45) is 0.0245. The van der Waals surface area contributed by atoms with Gasteiger partial charge in [-0.25, -0.2) is 0 Å². The average molecular weight is 708 g/mol. The SMILES string of the molecule is Cc1cc(C)c(-c2cc(C(CC(=O)O)NC(=O)C(CC(C)C)n3cc(C4CCN(C(C)C)CC4)c(C(F)(F)F)cc3=O)cc3c2CCC3)c(C)c1. The summed E-state index contributed by atoms with van der Waals surface area (Å²) in [5, 5.41) is 13.0. The van der Waals surface area contributed by atoms with Crippen molar-refractivity contribution >= 4 is 11.9 Å². The van der Waals surface area contributed by atoms with E-state index >= 15 is 0 Å². The third-order valence-corrected chi connectivity index (χ3v) is 10.7. The second-order valence-corrected chi connectivity index (χ2v) is 15.4. The number of nitrogens with one attached hydrogen (secondary N) is 1. The van der Waals surface area contributed by atoms with Gasteiger partial charge in [0, 0.05) is 18.3 Å². The molecule has 1 aliphatic carbocycles. The van der Waals surface area contributed by atoms with E-state index in [1.165, 1.54) is 11.8 Å². The zero-order chi connectivity index (χ0) is 37.4. The van der Waals surface area contributed by atoms with Gasteiger partial charge in [0.25, 0.3) is 5.56 Å². The summed E-state index contributed by atoms with van der Waals surface area (Å²) < 4.78 is 44.3. The summed E-state index contributed by atoms with van der Waals surface area (Å²) >= 11 is 0. The van der Waals surface area contributed by atoms with Crippen LogP contribution in [0.3, 0.4) is 0 Å². The van der Waals surface area contributed by atoms with Crippen molar-refractivity contribution in [1.29, 1.82) is 0 Å². The minimum atomic E-state index is -4.73. The summed E-state index contributed by atoms with van der Waals surface area (Å²) in [6.45, 7) is 15.3. The van der Waals surface area contributed by atoms with Crippen LogP contribution in [0.4, 0.5) is 13.2 Å². The summed E-state index contributed by atoms with van der Waals surface area (Å²) in [6, 6.07) is 7.09. The minimum Gasteiger partial charge on any atom is -0.481 e. The highest BCUT2D eigenvalue weighted by atomic mass is 19.4. The standard InChI is InChI=1S/C41H52F3N3O4/c1-23(2)15-36(47-22-33(34(20-37(47)48)41(42,43)44)28-11-13-46(14-12-28)24(3)4)40(51)45-35(21-38(49)50)30-18-29-9-8-10-31(29)32(19-30)39-26(6)16-25(5)17-27(39)7/h16-20,22-24,28,35-36H,8-15,21H2,1-7H3,(H,45,51)(H,49,50). The molecule has 2 heterocycles. The van der Waals surface area contributed by atoms with Gasteiger partial charge in [-0.15, -0.1) is 0 Å². The molecule has 2 N–H and O–H groups in total. The number of hydrogen-bond donors (Lipinski definition) is 2. The number of hydrogen-bond acceptors (Lipinski definition) is 4. The van der Waals surface area contributed by atoms with Gasteiger partial charge in [0.05, 0.1) is 18.0 Å². The molecule has 10 heteroatoms. The minimum absolute atomic E-state index is 0.0289. The van der Waals surface area contributed by atoms with E-state index in [9.17, 15) is 32.7 Å². The van der Waals surface area contributed by atoms with Gasteiger partial charge in [0.15, 0.2) is 0 Å². The van der Waals surface area contributed by atoms with E-state index in [-0.39, 0.29) is 23.9 Å². The Kier molecular flexibility index (Phi) is 11.5. The lowest BCUT2D eigenvalue weighted by molar-refractivity contribution is -0.139. The van der Waals surface area contributed by atoms with Crippen molar-refractivity contribution in [2.24, 2.45) is 5.92 Å². The van der Waals surface area contributed by atoms with E-state index in [2.05, 4.69) is 57.0 Å². The number of halogens is 3. The van der Waals surface area contributed by atoms with E-state index < -0.39 is 53.6 Å². The van der Waals surface area contributed by atoms with Crippen LogP contribution in [0.25, 0.3) is 11.1 Å². The zero-order valence-electron chi connectivity index (χ0n) is 30.9. The summed E-state index contributed by atoms with van der Waals surface area (Å²) in [4.78, 5) is 42.3. The highest BCUT2D eigenvalue weighted by molar-refractivity contribution is 5.82. The Hall–Kier alpha value is -3.92. The number of aliphatic carboxylic acids is 1. The molecule has 0 spiro atoms. The monoisotopic (exact) mass is 707 g/mol. The Morgan fingerprint density at radius 2 is 1.61 bits per heavy atom. The molecular formula is C41H52F3N3O4. The van der Waals surface area contributed by atoms with Gasteiger partial charge in [-0.2, -0.15) is 13.2 Å². The molecule has 276 valence electrons. The maximum atomic E-state index is 14.4. The third kappa shape index (κ3) is 8.59. The maximum absolute atomic E-state index is 14.4. The number of alkyl halides is 3. The number of aryl methyl sites for hydroxylation is 4. The van der Waals surface area contributed by atoms with Gasteiger partial charge in [-0.05, 0) is 149 Å². The molecule has 51 heavy (non-hydrogen) atoms. The maximum Gasteiger partial charge on any atom is 0.416 e. The number of carbonyl (C=O) groups is 2. The van der Waals surface area contributed by atoms with Crippen molar-refractivity contribution in [1.82, 2.24) is 14.8 Å². The fourth-order valence-electron chi connectivity index (χ4n) is 8.35. The molecule has 5 rings (SSSR count). The van der Waals surface area contributed by atoms with Crippen LogP contribution in [0.15, 0.2) is 41.3 Å². The van der Waals surface area contributed by atoms with E-state index in [0.29, 0.717) is 37.6 Å². The molecular weight excluding hydrogens is 655 g/mol. The van der Waals surface area contributed by atoms with Gasteiger partial charge in [0.1, 0.15) is 6.04 Å². The van der Waals surface area contributed by atoms with Crippen LogP contribution in [0.5, 0.6) is 0 Å². The van der Waals surface area contributed by atoms with Gasteiger partial charge in [0.2, 0.25) is 5.91 Å². The molecule has 2 aliphatic rings. The van der Waals surface area contributed by atoms with Crippen molar-refractivity contribution in [3.05, 3.63) is 91.4 Å². The Balaban J connectivity index is 1.56. The lowest BCUT2D eigenvalue weighted by Crippen LogP contribution is -2.41. The van der Waals surface area contributed by atoms with Gasteiger partial charge < -0.3 is 19.9 Å². The number of pyridine rings is 1. The highest BCUT2D eigenvalue weighted by Gasteiger charge is 2.39. The van der Waals surface area contributed by atoms with E-state index in [1.54, 1.807) is 0 Å². The zero-order valence-corrected chi connectivity index (χ0v) is 30.9. The van der Waals surface area contributed by atoms with Crippen molar-refractivity contribution in [3.63, 3.8) is 0 Å². The largest absolute Gasteiger partial charge is 0.481 e. The summed E-state index contributed by atoms with van der Waals surface area (Å²) in [7, 11) is 0. The number of amides is 1. The Morgan fingerprint density at radius 3 is 2.18 bits per heavy atom. The second-order valence-electron chi connectivity index (χ2n) is 15.4. The number of fused-ring (bicyclic) bond motifs is 1. The van der Waals surface area contributed by atoms with Crippen molar-refractivity contribution in [3.8, 4) is 11.1 Å². The Bertz CT molecular complexity index is 1810. The van der Waals surface area contributed by atoms with E-state index in [4.69, 9.17) is 0 Å². The van der Waals surface area contributed by atoms with Gasteiger partial charge in [-0.1, -0.05) is 37.6 Å². The number of carboxylic acid groups (broad SMARTS) is 1. The van der Waals surface area contributed by atoms with Crippen molar-refractivity contribution < 1.29 is 27.9 Å². The molecule has 1 fully saturated rings. The number of aromatic nitrogens is 1. The molecule has 2 unspecified atom stereocenters. The lowest BCUT2D eigenvalue weighted by Gasteiger charge is -2.36. The molecule has 1 amide bonds. The molecule has 1 aromatic heterocycles. The first kappa shape index (κ1) is 38.3. The second kappa shape index (κ2) is 15.4. The van der Waals surface area contributed by atoms with Gasteiger partial charge in [-0.3, -0.25) is 14.4 Å². The Morgan fingerprint density at radius 1 is 0.961 bits per heavy atom. The van der Waals surface area contributed by atoms with Crippen LogP contribution in [0, 0.1) is 26.7 Å². The van der Waals surface area contributed by atoms with Crippen LogP contribution >= 0.6 is 0 Å². The van der Waals surface area contributed by atoms with Crippen molar-refractivity contribution in [2.75, 3.05) is 13.1 Å². The normalized spacial score (nSPS) is 16.8. The molecule has 1 saturated heterocycles. The highest BCUT2D eigenvalue weighted by Crippen LogP contribution is 2.41. The molecule has 2 atom stereocenters. The number of rotatable bonds is 11. The number of carbonyl (C=O) groups excluding carboxylic acids is 1. The predicted molar refractivity (Wildman–Crippen MR) is 194 cm³/mol. The number of likely N-dealkylation sites (tertiary alicyclic amines) is 1. The van der Waals surface area contributed by atoms with Crippen LogP contribution in [0.2, 0.25) is 0 Å². The topological polar surface area (TPSA) is 91.6 Å². The van der Waals surface area contributed by atoms with Crippen LogP contribution in [-0.4, -0.2) is 45.6 Å². The molecule has 1 aliphatic heterocycles. The fourth-order valence-corrected chi connectivity index (χ4v) is 8.35. The summed E-state index contributed by atoms with van der Waals surface area (Å²) in [5.41, 5.74) is 6.68. The van der Waals surface area contributed by atoms with Crippen LogP contribution in [-0.2, 0) is 28.6 Å². The number of benzene rings is 2. The molecule has 2 aromatic carbocycles. The third-order valence-electron chi connectivity index (χ3n) is 10.7. The molecule has 3 aromatic rings. The number of nitrogens with zero attached hydrogens (tertiary/aromatic N) is 2. The van der Waals surface area contributed by atoms with Crippen LogP contribution in [0.1, 0.15) is 122 Å². The van der Waals surface area contributed by atoms with Gasteiger partial charge >= 0.3 is 12.1 Å². The lowest BCUT2D eigenvalue weighted by atomic mass is 9.86. The first-order valence-electron chi connectivity index (χ1n) is 18.3. The number of piperidine rings is 1. The van der Waals surface area contributed by atoms with E-state index in [1.807, 2.05) is 26.0 Å². The number of carboxylic acids is 1. The average Bonchev–Trinajstić information content (AvgIpc) is 3.51. The van der Waals surface area contributed by atoms with Crippen LogP contribution < -0.4 is 10.9 Å². The first-order chi connectivity index (χ1) is 23.9. The molecule has 0 saturated carbocycles. The fraction of sp³-hybridized carbons (Fsp3) is 0.537. The Labute approximate surface area is 299 Å². The first-order valence-corrected chi connectivity index (χ1v) is 18.3.